The van der Waals surface area contributed by atoms with Crippen LogP contribution in [0.5, 0.6) is 0 Å². The van der Waals surface area contributed by atoms with Crippen LogP contribution < -0.4 is 0 Å². The first-order valence-electron chi connectivity index (χ1n) is 11.4. The van der Waals surface area contributed by atoms with Gasteiger partial charge in [-0.15, -0.1) is 11.8 Å². The Bertz CT molecular complexity index is 893. The highest BCUT2D eigenvalue weighted by Gasteiger charge is 2.50. The second-order valence-electron chi connectivity index (χ2n) is 7.91. The average molecular weight is 489 g/mol. The topological polar surface area (TPSA) is 80.3 Å². The second-order valence-corrected chi connectivity index (χ2v) is 9.28. The van der Waals surface area contributed by atoms with Gasteiger partial charge in [-0.2, -0.15) is 0 Å². The predicted molar refractivity (Wildman–Crippen MR) is 129 cm³/mol. The SMILES string of the molecule is CCS[C@H]1O[C@H](COCc2ccccc2)[C@@H](OCc2ccccc2)[C@H](OC(C)=O)[C@@H]1OC(C)=O. The molecule has 0 radical (unpaired) electrons. The van der Waals surface area contributed by atoms with E-state index >= 15 is 0 Å². The van der Waals surface area contributed by atoms with Gasteiger partial charge >= 0.3 is 11.9 Å². The van der Waals surface area contributed by atoms with E-state index in [4.69, 9.17) is 23.7 Å². The van der Waals surface area contributed by atoms with Crippen LogP contribution in [-0.4, -0.2) is 54.2 Å². The van der Waals surface area contributed by atoms with E-state index in [9.17, 15) is 9.59 Å². The van der Waals surface area contributed by atoms with E-state index in [1.54, 1.807) is 0 Å². The highest BCUT2D eigenvalue weighted by Crippen LogP contribution is 2.34. The molecule has 0 bridgehead atoms. The number of hydrogen-bond donors (Lipinski definition) is 0. The monoisotopic (exact) mass is 488 g/mol. The van der Waals surface area contributed by atoms with Gasteiger partial charge in [0.2, 0.25) is 0 Å². The minimum Gasteiger partial charge on any atom is -0.456 e. The minimum absolute atomic E-state index is 0.222. The molecule has 1 aliphatic rings. The normalized spacial score (nSPS) is 24.4. The number of hydrogen-bond acceptors (Lipinski definition) is 8. The summed E-state index contributed by atoms with van der Waals surface area (Å²) in [5, 5.41) is 0. The Kier molecular flexibility index (Phi) is 10.4. The molecule has 184 valence electrons. The van der Waals surface area contributed by atoms with E-state index < -0.39 is 41.8 Å². The smallest absolute Gasteiger partial charge is 0.303 e. The third-order valence-corrected chi connectivity index (χ3v) is 6.25. The highest BCUT2D eigenvalue weighted by molar-refractivity contribution is 7.99. The van der Waals surface area contributed by atoms with Crippen molar-refractivity contribution in [2.75, 3.05) is 12.4 Å². The number of ether oxygens (including phenoxy) is 5. The lowest BCUT2D eigenvalue weighted by atomic mass is 9.99. The molecule has 1 heterocycles. The average Bonchev–Trinajstić information content (AvgIpc) is 2.82. The maximum Gasteiger partial charge on any atom is 0.303 e. The summed E-state index contributed by atoms with van der Waals surface area (Å²) in [5.74, 6) is -0.239. The highest BCUT2D eigenvalue weighted by atomic mass is 32.2. The number of carbonyl (C=O) groups excluding carboxylic acids is 2. The molecular weight excluding hydrogens is 456 g/mol. The minimum atomic E-state index is -0.840. The zero-order valence-corrected chi connectivity index (χ0v) is 20.6. The summed E-state index contributed by atoms with van der Waals surface area (Å²) in [5.41, 5.74) is 1.47. The zero-order chi connectivity index (χ0) is 24.3. The van der Waals surface area contributed by atoms with Crippen LogP contribution in [0.25, 0.3) is 0 Å². The van der Waals surface area contributed by atoms with Crippen molar-refractivity contribution in [3.63, 3.8) is 0 Å². The maximum absolute atomic E-state index is 12.0. The van der Waals surface area contributed by atoms with Gasteiger partial charge < -0.3 is 23.7 Å². The molecule has 8 heteroatoms. The Morgan fingerprint density at radius 1 is 0.824 bits per heavy atom. The Morgan fingerprint density at radius 2 is 1.38 bits per heavy atom. The van der Waals surface area contributed by atoms with Gasteiger partial charge in [0, 0.05) is 13.8 Å². The fraction of sp³-hybridized carbons (Fsp3) is 0.462. The Balaban J connectivity index is 1.83. The van der Waals surface area contributed by atoms with E-state index in [1.807, 2.05) is 67.6 Å². The van der Waals surface area contributed by atoms with Gasteiger partial charge in [-0.25, -0.2) is 0 Å². The van der Waals surface area contributed by atoms with Crippen molar-refractivity contribution in [1.82, 2.24) is 0 Å². The van der Waals surface area contributed by atoms with Crippen LogP contribution in [0.1, 0.15) is 31.9 Å². The fourth-order valence-electron chi connectivity index (χ4n) is 3.79. The molecule has 0 unspecified atom stereocenters. The summed E-state index contributed by atoms with van der Waals surface area (Å²) in [7, 11) is 0. The molecule has 0 N–H and O–H groups in total. The predicted octanol–water partition coefficient (Wildman–Crippen LogP) is 4.13. The third-order valence-electron chi connectivity index (χ3n) is 5.21. The Labute approximate surface area is 205 Å². The van der Waals surface area contributed by atoms with Gasteiger partial charge in [0.05, 0.1) is 19.8 Å². The van der Waals surface area contributed by atoms with Gasteiger partial charge in [-0.05, 0) is 16.9 Å². The molecule has 1 aliphatic heterocycles. The van der Waals surface area contributed by atoms with E-state index in [0.717, 1.165) is 16.9 Å². The van der Waals surface area contributed by atoms with Crippen molar-refractivity contribution in [3.8, 4) is 0 Å². The molecule has 7 nitrogen and oxygen atoms in total. The molecule has 0 amide bonds. The molecule has 0 saturated carbocycles. The second kappa shape index (κ2) is 13.5. The van der Waals surface area contributed by atoms with Gasteiger partial charge in [0.1, 0.15) is 17.6 Å². The number of rotatable bonds is 11. The number of thioether (sulfide) groups is 1. The van der Waals surface area contributed by atoms with Crippen molar-refractivity contribution >= 4 is 23.7 Å². The quantitative estimate of drug-likeness (QED) is 0.437. The summed E-state index contributed by atoms with van der Waals surface area (Å²) in [6.45, 7) is 5.55. The number of benzene rings is 2. The van der Waals surface area contributed by atoms with Crippen LogP contribution in [0.4, 0.5) is 0 Å². The first-order valence-corrected chi connectivity index (χ1v) is 12.4. The number of esters is 2. The molecule has 3 rings (SSSR count). The summed E-state index contributed by atoms with van der Waals surface area (Å²) >= 11 is 1.48. The first kappa shape index (κ1) is 26.2. The van der Waals surface area contributed by atoms with Crippen molar-refractivity contribution in [3.05, 3.63) is 71.8 Å². The summed E-state index contributed by atoms with van der Waals surface area (Å²) in [4.78, 5) is 23.9. The number of carbonyl (C=O) groups is 2. The van der Waals surface area contributed by atoms with Crippen molar-refractivity contribution in [2.45, 2.75) is 63.8 Å². The van der Waals surface area contributed by atoms with E-state index in [-0.39, 0.29) is 13.2 Å². The standard InChI is InChI=1S/C26H32O7S/c1-4-34-26-25(32-19(3)28)24(31-18(2)27)23(30-16-21-13-9-6-10-14-21)22(33-26)17-29-15-20-11-7-5-8-12-20/h5-14,22-26H,4,15-17H2,1-3H3/t22-,23-,24+,25+,26-/m1/s1. The van der Waals surface area contributed by atoms with Gasteiger partial charge in [-0.1, -0.05) is 67.6 Å². The molecule has 0 aliphatic carbocycles. The molecule has 0 spiro atoms. The van der Waals surface area contributed by atoms with Crippen LogP contribution in [-0.2, 0) is 46.5 Å². The lowest BCUT2D eigenvalue weighted by molar-refractivity contribution is -0.243. The first-order chi connectivity index (χ1) is 16.5. The molecule has 34 heavy (non-hydrogen) atoms. The summed E-state index contributed by atoms with van der Waals surface area (Å²) in [6.07, 6.45) is -2.88. The van der Waals surface area contributed by atoms with E-state index in [0.29, 0.717) is 6.61 Å². The van der Waals surface area contributed by atoms with E-state index in [1.165, 1.54) is 25.6 Å². The molecule has 1 saturated heterocycles. The summed E-state index contributed by atoms with van der Waals surface area (Å²) in [6, 6.07) is 19.5. The van der Waals surface area contributed by atoms with Gasteiger partial charge in [0.25, 0.3) is 0 Å². The van der Waals surface area contributed by atoms with Crippen molar-refractivity contribution in [1.29, 1.82) is 0 Å². The molecular formula is C26H32O7S. The van der Waals surface area contributed by atoms with Gasteiger partial charge in [-0.3, -0.25) is 9.59 Å². The van der Waals surface area contributed by atoms with Crippen LogP contribution in [0.3, 0.4) is 0 Å². The molecule has 2 aromatic carbocycles. The van der Waals surface area contributed by atoms with Gasteiger partial charge in [0.15, 0.2) is 12.2 Å². The molecule has 1 fully saturated rings. The Hall–Kier alpha value is -2.39. The molecule has 2 aromatic rings. The van der Waals surface area contributed by atoms with Crippen molar-refractivity contribution < 1.29 is 33.3 Å². The zero-order valence-electron chi connectivity index (χ0n) is 19.8. The largest absolute Gasteiger partial charge is 0.456 e. The van der Waals surface area contributed by atoms with Crippen LogP contribution >= 0.6 is 11.8 Å². The molecule has 5 atom stereocenters. The van der Waals surface area contributed by atoms with Crippen LogP contribution in [0, 0.1) is 0 Å². The Morgan fingerprint density at radius 3 is 1.94 bits per heavy atom. The van der Waals surface area contributed by atoms with Crippen molar-refractivity contribution in [2.24, 2.45) is 0 Å². The maximum atomic E-state index is 12.0. The fourth-order valence-corrected chi connectivity index (χ4v) is 4.74. The van der Waals surface area contributed by atoms with E-state index in [2.05, 4.69) is 0 Å². The van der Waals surface area contributed by atoms with Crippen LogP contribution in [0.15, 0.2) is 60.7 Å². The lowest BCUT2D eigenvalue weighted by Gasteiger charge is -2.44. The van der Waals surface area contributed by atoms with Crippen LogP contribution in [0.2, 0.25) is 0 Å². The summed E-state index contributed by atoms with van der Waals surface area (Å²) < 4.78 is 29.8. The lowest BCUT2D eigenvalue weighted by Crippen LogP contribution is -2.61. The third kappa shape index (κ3) is 7.84. The molecule has 0 aromatic heterocycles.